The number of hydrogen-bond acceptors (Lipinski definition) is 3. The van der Waals surface area contributed by atoms with Gasteiger partial charge < -0.3 is 0 Å². The lowest BCUT2D eigenvalue weighted by Gasteiger charge is -2.33. The summed E-state index contributed by atoms with van der Waals surface area (Å²) in [5.74, 6) is 0. The largest absolute Gasteiger partial charge is 0.405 e. The van der Waals surface area contributed by atoms with Gasteiger partial charge in [-0.3, -0.25) is 9.05 Å². The van der Waals surface area contributed by atoms with E-state index in [0.717, 1.165) is 25.7 Å². The van der Waals surface area contributed by atoms with Crippen LogP contribution in [-0.4, -0.2) is 19.8 Å². The maximum atomic E-state index is 12.4. The van der Waals surface area contributed by atoms with Crippen LogP contribution in [0.4, 0.5) is 0 Å². The quantitative estimate of drug-likeness (QED) is 0.390. The zero-order chi connectivity index (χ0) is 18.9. The van der Waals surface area contributed by atoms with Crippen molar-refractivity contribution in [2.75, 3.05) is 19.8 Å². The van der Waals surface area contributed by atoms with Crippen LogP contribution in [-0.2, 0) is 13.6 Å². The molecule has 0 amide bonds. The van der Waals surface area contributed by atoms with Crippen molar-refractivity contribution >= 4 is 7.75 Å². The first kappa shape index (κ1) is 22.4. The minimum atomic E-state index is -3.12. The highest BCUT2D eigenvalue weighted by atomic mass is 31.2. The molecule has 0 saturated carbocycles. The molecule has 25 heavy (non-hydrogen) atoms. The predicted molar refractivity (Wildman–Crippen MR) is 107 cm³/mol. The first-order valence-electron chi connectivity index (χ1n) is 9.21. The fourth-order valence-corrected chi connectivity index (χ4v) is 3.97. The van der Waals surface area contributed by atoms with Gasteiger partial charge >= 0.3 is 7.75 Å². The van der Waals surface area contributed by atoms with Crippen LogP contribution < -0.4 is 5.09 Å². The second kappa shape index (κ2) is 10.5. The third-order valence-corrected chi connectivity index (χ3v) is 5.62. The molecule has 0 aromatic rings. The van der Waals surface area contributed by atoms with Gasteiger partial charge in [-0.1, -0.05) is 48.8 Å². The number of hydrogen-bond donors (Lipinski definition) is 1. The van der Waals surface area contributed by atoms with Crippen molar-refractivity contribution in [3.05, 3.63) is 34.9 Å². The van der Waals surface area contributed by atoms with Crippen LogP contribution in [0.3, 0.4) is 0 Å². The molecule has 0 unspecified atom stereocenters. The zero-order valence-electron chi connectivity index (χ0n) is 16.9. The fraction of sp³-hybridized carbons (Fsp3) is 0.700. The molecule has 1 aliphatic heterocycles. The minimum Gasteiger partial charge on any atom is -0.296 e. The molecule has 144 valence electrons. The lowest BCUT2D eigenvalue weighted by molar-refractivity contribution is 0.0376. The van der Waals surface area contributed by atoms with E-state index in [9.17, 15) is 4.57 Å². The maximum Gasteiger partial charge on any atom is 0.405 e. The van der Waals surface area contributed by atoms with Gasteiger partial charge in [0.2, 0.25) is 0 Å². The summed E-state index contributed by atoms with van der Waals surface area (Å²) in [5, 5.41) is 2.92. The van der Waals surface area contributed by atoms with E-state index in [1.54, 1.807) is 0 Å². The van der Waals surface area contributed by atoms with E-state index in [1.807, 2.05) is 13.8 Å². The highest BCUT2D eigenvalue weighted by molar-refractivity contribution is 7.51. The standard InChI is InChI=1S/C20H36NO3P/c1-17(2)9-7-10-18(3)11-8-12-19(4)13-14-21-25(22)23-15-20(5,6)16-24-25/h9,11,13H,7-8,10,12,14-16H2,1-6H3,(H,21,22)/b18-11+,19-13+. The second-order valence-corrected chi connectivity index (χ2v) is 9.86. The Morgan fingerprint density at radius 1 is 0.960 bits per heavy atom. The van der Waals surface area contributed by atoms with Crippen LogP contribution in [0.1, 0.15) is 67.2 Å². The van der Waals surface area contributed by atoms with Gasteiger partial charge in [0.05, 0.1) is 13.2 Å². The fourth-order valence-electron chi connectivity index (χ4n) is 2.36. The summed E-state index contributed by atoms with van der Waals surface area (Å²) in [6.45, 7) is 14.1. The summed E-state index contributed by atoms with van der Waals surface area (Å²) in [7, 11) is -3.12. The van der Waals surface area contributed by atoms with E-state index in [1.165, 1.54) is 16.7 Å². The van der Waals surface area contributed by atoms with Gasteiger partial charge in [-0.05, 0) is 53.4 Å². The van der Waals surface area contributed by atoms with Crippen LogP contribution >= 0.6 is 7.75 Å². The summed E-state index contributed by atoms with van der Waals surface area (Å²) in [5.41, 5.74) is 4.04. The lowest BCUT2D eigenvalue weighted by Crippen LogP contribution is -2.32. The first-order chi connectivity index (χ1) is 11.6. The van der Waals surface area contributed by atoms with E-state index in [2.05, 4.69) is 51.0 Å². The lowest BCUT2D eigenvalue weighted by atomic mass is 9.97. The van der Waals surface area contributed by atoms with Crippen molar-refractivity contribution in [1.29, 1.82) is 0 Å². The normalized spacial score (nSPS) is 20.4. The van der Waals surface area contributed by atoms with Crippen molar-refractivity contribution in [2.24, 2.45) is 5.41 Å². The molecule has 1 heterocycles. The van der Waals surface area contributed by atoms with E-state index in [-0.39, 0.29) is 5.41 Å². The van der Waals surface area contributed by atoms with Gasteiger partial charge in [0.15, 0.2) is 0 Å². The topological polar surface area (TPSA) is 47.6 Å². The van der Waals surface area contributed by atoms with Crippen LogP contribution in [0.25, 0.3) is 0 Å². The molecular weight excluding hydrogens is 333 g/mol. The SMILES string of the molecule is CC(C)=CCC/C(C)=C/CC/C(C)=C/CNP1(=O)OCC(C)(C)CO1. The van der Waals surface area contributed by atoms with Crippen LogP contribution in [0, 0.1) is 5.41 Å². The van der Waals surface area contributed by atoms with Gasteiger partial charge in [0, 0.05) is 12.0 Å². The summed E-state index contributed by atoms with van der Waals surface area (Å²) >= 11 is 0. The molecule has 1 aliphatic rings. The van der Waals surface area contributed by atoms with E-state index in [0.29, 0.717) is 19.8 Å². The van der Waals surface area contributed by atoms with E-state index in [4.69, 9.17) is 9.05 Å². The van der Waals surface area contributed by atoms with E-state index >= 15 is 0 Å². The average molecular weight is 369 g/mol. The van der Waals surface area contributed by atoms with Crippen molar-refractivity contribution in [3.8, 4) is 0 Å². The van der Waals surface area contributed by atoms with Crippen LogP contribution in [0.2, 0.25) is 0 Å². The molecule has 5 heteroatoms. The van der Waals surface area contributed by atoms with Gasteiger partial charge in [-0.15, -0.1) is 0 Å². The molecular formula is C20H36NO3P. The highest BCUT2D eigenvalue weighted by Gasteiger charge is 2.36. The Labute approximate surface area is 154 Å². The molecule has 0 aromatic heterocycles. The second-order valence-electron chi connectivity index (χ2n) is 8.03. The Balaban J connectivity index is 2.28. The molecule has 0 radical (unpaired) electrons. The third-order valence-electron chi connectivity index (χ3n) is 4.11. The number of rotatable bonds is 9. The van der Waals surface area contributed by atoms with Crippen molar-refractivity contribution in [1.82, 2.24) is 5.09 Å². The molecule has 1 saturated heterocycles. The molecule has 1 rings (SSSR count). The van der Waals surface area contributed by atoms with Gasteiger partial charge in [0.1, 0.15) is 0 Å². The van der Waals surface area contributed by atoms with Crippen molar-refractivity contribution in [2.45, 2.75) is 67.2 Å². The molecule has 1 fully saturated rings. The Hall–Kier alpha value is -0.670. The zero-order valence-corrected chi connectivity index (χ0v) is 17.7. The van der Waals surface area contributed by atoms with Crippen LogP contribution in [0.15, 0.2) is 34.9 Å². The Kier molecular flexibility index (Phi) is 9.37. The Morgan fingerprint density at radius 3 is 2.04 bits per heavy atom. The van der Waals surface area contributed by atoms with Crippen LogP contribution in [0.5, 0.6) is 0 Å². The Bertz CT molecular complexity index is 543. The van der Waals surface area contributed by atoms with Gasteiger partial charge in [0.25, 0.3) is 0 Å². The molecule has 4 nitrogen and oxygen atoms in total. The van der Waals surface area contributed by atoms with E-state index < -0.39 is 7.75 Å². The summed E-state index contributed by atoms with van der Waals surface area (Å²) in [4.78, 5) is 0. The Morgan fingerprint density at radius 2 is 1.48 bits per heavy atom. The molecule has 1 N–H and O–H groups in total. The van der Waals surface area contributed by atoms with Gasteiger partial charge in [-0.2, -0.15) is 0 Å². The average Bonchev–Trinajstić information content (AvgIpc) is 2.50. The molecule has 0 spiro atoms. The van der Waals surface area contributed by atoms with Crippen molar-refractivity contribution in [3.63, 3.8) is 0 Å². The van der Waals surface area contributed by atoms with Gasteiger partial charge in [-0.25, -0.2) is 9.65 Å². The number of allylic oxidation sites excluding steroid dienone is 5. The molecule has 0 aromatic carbocycles. The maximum absolute atomic E-state index is 12.4. The monoisotopic (exact) mass is 369 g/mol. The predicted octanol–water partition coefficient (Wildman–Crippen LogP) is 6.18. The molecule has 0 aliphatic carbocycles. The summed E-state index contributed by atoms with van der Waals surface area (Å²) in [6.07, 6.45) is 11.0. The molecule has 0 atom stereocenters. The molecule has 0 bridgehead atoms. The minimum absolute atomic E-state index is 0.0723. The first-order valence-corrected chi connectivity index (χ1v) is 10.7. The van der Waals surface area contributed by atoms with Crippen molar-refractivity contribution < 1.29 is 13.6 Å². The smallest absolute Gasteiger partial charge is 0.296 e. The highest BCUT2D eigenvalue weighted by Crippen LogP contribution is 2.49. The third kappa shape index (κ3) is 10.2. The summed E-state index contributed by atoms with van der Waals surface area (Å²) in [6, 6.07) is 0. The number of nitrogens with one attached hydrogen (secondary N) is 1. The summed E-state index contributed by atoms with van der Waals surface area (Å²) < 4.78 is 23.2.